The highest BCUT2D eigenvalue weighted by Gasteiger charge is 2.25. The second-order valence-corrected chi connectivity index (χ2v) is 5.96. The standard InChI is InChI=1S/C16H36N2O2/c1-6-9-16(3,14-17-7-2)15-18(11-13-20-5)10-8-12-19-4/h17H,6-15H2,1-5H3. The van der Waals surface area contributed by atoms with Gasteiger partial charge in [0.05, 0.1) is 6.61 Å². The molecule has 122 valence electrons. The van der Waals surface area contributed by atoms with E-state index in [4.69, 9.17) is 9.47 Å². The van der Waals surface area contributed by atoms with Crippen molar-refractivity contribution < 1.29 is 9.47 Å². The number of nitrogens with zero attached hydrogens (tertiary/aromatic N) is 1. The third-order valence-corrected chi connectivity index (χ3v) is 3.70. The van der Waals surface area contributed by atoms with E-state index in [9.17, 15) is 0 Å². The Bertz CT molecular complexity index is 215. The lowest BCUT2D eigenvalue weighted by Crippen LogP contribution is -2.44. The molecule has 1 N–H and O–H groups in total. The second-order valence-electron chi connectivity index (χ2n) is 5.96. The Kier molecular flexibility index (Phi) is 12.5. The highest BCUT2D eigenvalue weighted by molar-refractivity contribution is 4.80. The zero-order valence-electron chi connectivity index (χ0n) is 14.3. The van der Waals surface area contributed by atoms with E-state index >= 15 is 0 Å². The molecule has 0 aliphatic rings. The highest BCUT2D eigenvalue weighted by atomic mass is 16.5. The predicted octanol–water partition coefficient (Wildman–Crippen LogP) is 2.39. The Morgan fingerprint density at radius 1 is 1.05 bits per heavy atom. The zero-order valence-corrected chi connectivity index (χ0v) is 14.3. The topological polar surface area (TPSA) is 33.7 Å². The van der Waals surface area contributed by atoms with Crippen molar-refractivity contribution in [3.63, 3.8) is 0 Å². The van der Waals surface area contributed by atoms with Gasteiger partial charge >= 0.3 is 0 Å². The maximum absolute atomic E-state index is 5.25. The van der Waals surface area contributed by atoms with Gasteiger partial charge in [-0.15, -0.1) is 0 Å². The number of hydrogen-bond donors (Lipinski definition) is 1. The smallest absolute Gasteiger partial charge is 0.0589 e. The van der Waals surface area contributed by atoms with Crippen molar-refractivity contribution in [1.82, 2.24) is 10.2 Å². The summed E-state index contributed by atoms with van der Waals surface area (Å²) >= 11 is 0. The van der Waals surface area contributed by atoms with Crippen LogP contribution in [0.25, 0.3) is 0 Å². The van der Waals surface area contributed by atoms with Crippen molar-refractivity contribution in [2.24, 2.45) is 5.41 Å². The molecule has 0 aromatic carbocycles. The number of ether oxygens (including phenoxy) is 2. The molecule has 1 atom stereocenters. The molecule has 4 nitrogen and oxygen atoms in total. The van der Waals surface area contributed by atoms with Crippen LogP contribution in [0, 0.1) is 5.41 Å². The largest absolute Gasteiger partial charge is 0.385 e. The van der Waals surface area contributed by atoms with Gasteiger partial charge in [-0.25, -0.2) is 0 Å². The molecule has 0 aliphatic heterocycles. The van der Waals surface area contributed by atoms with Crippen molar-refractivity contribution in [3.05, 3.63) is 0 Å². The van der Waals surface area contributed by atoms with E-state index in [-0.39, 0.29) is 0 Å². The molecule has 0 spiro atoms. The molecule has 0 saturated carbocycles. The van der Waals surface area contributed by atoms with Crippen LogP contribution in [0.3, 0.4) is 0 Å². The Hall–Kier alpha value is -0.160. The molecular weight excluding hydrogens is 252 g/mol. The van der Waals surface area contributed by atoms with E-state index in [1.165, 1.54) is 12.8 Å². The van der Waals surface area contributed by atoms with Crippen LogP contribution in [-0.2, 0) is 9.47 Å². The van der Waals surface area contributed by atoms with Crippen molar-refractivity contribution in [3.8, 4) is 0 Å². The van der Waals surface area contributed by atoms with Crippen molar-refractivity contribution in [2.75, 3.05) is 60.2 Å². The lowest BCUT2D eigenvalue weighted by Gasteiger charge is -2.36. The number of methoxy groups -OCH3 is 2. The number of hydrogen-bond acceptors (Lipinski definition) is 4. The maximum Gasteiger partial charge on any atom is 0.0589 e. The van der Waals surface area contributed by atoms with E-state index in [0.29, 0.717) is 5.41 Å². The molecule has 0 radical (unpaired) electrons. The second kappa shape index (κ2) is 12.6. The summed E-state index contributed by atoms with van der Waals surface area (Å²) in [5.41, 5.74) is 0.339. The molecule has 0 heterocycles. The first-order chi connectivity index (χ1) is 9.61. The maximum atomic E-state index is 5.25. The first kappa shape index (κ1) is 19.8. The van der Waals surface area contributed by atoms with Crippen molar-refractivity contribution in [1.29, 1.82) is 0 Å². The van der Waals surface area contributed by atoms with Gasteiger partial charge in [0.15, 0.2) is 0 Å². The SMILES string of the molecule is CCCC(C)(CNCC)CN(CCCOC)CCOC. The average molecular weight is 288 g/mol. The fourth-order valence-corrected chi connectivity index (χ4v) is 2.72. The van der Waals surface area contributed by atoms with E-state index in [2.05, 4.69) is 31.0 Å². The third kappa shape index (κ3) is 9.70. The monoisotopic (exact) mass is 288 g/mol. The highest BCUT2D eigenvalue weighted by Crippen LogP contribution is 2.24. The summed E-state index contributed by atoms with van der Waals surface area (Å²) < 4.78 is 10.4. The average Bonchev–Trinajstić information content (AvgIpc) is 2.43. The minimum absolute atomic E-state index is 0.339. The van der Waals surface area contributed by atoms with Crippen molar-refractivity contribution >= 4 is 0 Å². The number of rotatable bonds is 14. The molecule has 0 aliphatic carbocycles. The normalized spacial score (nSPS) is 14.7. The molecule has 0 fully saturated rings. The summed E-state index contributed by atoms with van der Waals surface area (Å²) in [6.45, 7) is 13.8. The summed E-state index contributed by atoms with van der Waals surface area (Å²) in [7, 11) is 3.54. The van der Waals surface area contributed by atoms with Crippen LogP contribution in [0.2, 0.25) is 0 Å². The van der Waals surface area contributed by atoms with Gasteiger partial charge in [-0.3, -0.25) is 0 Å². The quantitative estimate of drug-likeness (QED) is 0.498. The van der Waals surface area contributed by atoms with Gasteiger partial charge in [-0.1, -0.05) is 27.2 Å². The Labute approximate surface area is 126 Å². The Morgan fingerprint density at radius 2 is 1.75 bits per heavy atom. The van der Waals surface area contributed by atoms with E-state index < -0.39 is 0 Å². The molecule has 4 heteroatoms. The lowest BCUT2D eigenvalue weighted by molar-refractivity contribution is 0.0959. The molecule has 0 bridgehead atoms. The molecule has 20 heavy (non-hydrogen) atoms. The van der Waals surface area contributed by atoms with Crippen LogP contribution in [0.5, 0.6) is 0 Å². The van der Waals surface area contributed by atoms with Crippen LogP contribution < -0.4 is 5.32 Å². The summed E-state index contributed by atoms with van der Waals surface area (Å²) in [5, 5.41) is 3.52. The van der Waals surface area contributed by atoms with Gasteiger partial charge in [0.25, 0.3) is 0 Å². The van der Waals surface area contributed by atoms with Crippen molar-refractivity contribution in [2.45, 2.75) is 40.0 Å². The molecule has 0 amide bonds. The van der Waals surface area contributed by atoms with Gasteiger partial charge in [-0.05, 0) is 24.8 Å². The molecule has 0 aromatic rings. The van der Waals surface area contributed by atoms with Gasteiger partial charge < -0.3 is 19.7 Å². The van der Waals surface area contributed by atoms with Gasteiger partial charge in [0.2, 0.25) is 0 Å². The van der Waals surface area contributed by atoms with Gasteiger partial charge in [0.1, 0.15) is 0 Å². The predicted molar refractivity (Wildman–Crippen MR) is 86.4 cm³/mol. The first-order valence-corrected chi connectivity index (χ1v) is 8.02. The van der Waals surface area contributed by atoms with Crippen LogP contribution >= 0.6 is 0 Å². The summed E-state index contributed by atoms with van der Waals surface area (Å²) in [4.78, 5) is 2.52. The number of nitrogens with one attached hydrogen (secondary N) is 1. The Morgan fingerprint density at radius 3 is 2.30 bits per heavy atom. The van der Waals surface area contributed by atoms with Crippen LogP contribution in [0.1, 0.15) is 40.0 Å². The first-order valence-electron chi connectivity index (χ1n) is 8.02. The van der Waals surface area contributed by atoms with Crippen LogP contribution in [-0.4, -0.2) is 65.1 Å². The molecule has 0 rings (SSSR count). The van der Waals surface area contributed by atoms with E-state index in [1.807, 2.05) is 0 Å². The molecule has 0 saturated heterocycles. The van der Waals surface area contributed by atoms with E-state index in [0.717, 1.165) is 52.4 Å². The van der Waals surface area contributed by atoms with Gasteiger partial charge in [0, 0.05) is 47.0 Å². The summed E-state index contributed by atoms with van der Waals surface area (Å²) in [6.07, 6.45) is 3.58. The molecule has 0 aromatic heterocycles. The zero-order chi connectivity index (χ0) is 15.3. The van der Waals surface area contributed by atoms with Gasteiger partial charge in [-0.2, -0.15) is 0 Å². The molecule has 1 unspecified atom stereocenters. The third-order valence-electron chi connectivity index (χ3n) is 3.70. The Balaban J connectivity index is 4.42. The summed E-state index contributed by atoms with van der Waals surface area (Å²) in [5.74, 6) is 0. The minimum Gasteiger partial charge on any atom is -0.385 e. The summed E-state index contributed by atoms with van der Waals surface area (Å²) in [6, 6.07) is 0. The lowest BCUT2D eigenvalue weighted by atomic mass is 9.84. The fourth-order valence-electron chi connectivity index (χ4n) is 2.72. The fraction of sp³-hybridized carbons (Fsp3) is 1.00. The van der Waals surface area contributed by atoms with Crippen LogP contribution in [0.4, 0.5) is 0 Å². The van der Waals surface area contributed by atoms with E-state index in [1.54, 1.807) is 14.2 Å². The van der Waals surface area contributed by atoms with Crippen LogP contribution in [0.15, 0.2) is 0 Å². The molecular formula is C16H36N2O2. The minimum atomic E-state index is 0.339.